The zero-order valence-electron chi connectivity index (χ0n) is 8.11. The van der Waals surface area contributed by atoms with E-state index >= 15 is 0 Å². The van der Waals surface area contributed by atoms with Crippen molar-refractivity contribution in [2.24, 2.45) is 0 Å². The first kappa shape index (κ1) is 10.6. The van der Waals surface area contributed by atoms with E-state index in [9.17, 15) is 9.59 Å². The number of nitrogens with one attached hydrogen (secondary N) is 1. The van der Waals surface area contributed by atoms with E-state index in [1.54, 1.807) is 0 Å². The van der Waals surface area contributed by atoms with Gasteiger partial charge in [0.1, 0.15) is 13.2 Å². The van der Waals surface area contributed by atoms with Crippen LogP contribution in [0.5, 0.6) is 0 Å². The van der Waals surface area contributed by atoms with Crippen LogP contribution in [0.3, 0.4) is 0 Å². The Bertz CT molecular complexity index is 228. The summed E-state index contributed by atoms with van der Waals surface area (Å²) in [4.78, 5) is 21.5. The number of cyclic esters (lactones) is 2. The van der Waals surface area contributed by atoms with Crippen LogP contribution in [0.15, 0.2) is 0 Å². The van der Waals surface area contributed by atoms with E-state index in [2.05, 4.69) is 14.8 Å². The number of hydrogen-bond donors (Lipinski definition) is 1. The highest BCUT2D eigenvalue weighted by atomic mass is 16.8. The fourth-order valence-electron chi connectivity index (χ4n) is 0.893. The molecule has 80 valence electrons. The first-order chi connectivity index (χ1) is 6.58. The van der Waals surface area contributed by atoms with Gasteiger partial charge in [0.15, 0.2) is 6.10 Å². The van der Waals surface area contributed by atoms with Crippen molar-refractivity contribution in [3.63, 3.8) is 0 Å². The molecule has 1 atom stereocenters. The highest BCUT2D eigenvalue weighted by Gasteiger charge is 2.26. The first-order valence-electron chi connectivity index (χ1n) is 4.34. The van der Waals surface area contributed by atoms with Gasteiger partial charge in [-0.05, 0) is 13.8 Å². The molecule has 6 nitrogen and oxygen atoms in total. The predicted molar refractivity (Wildman–Crippen MR) is 45.8 cm³/mol. The van der Waals surface area contributed by atoms with E-state index in [1.807, 2.05) is 13.8 Å². The van der Waals surface area contributed by atoms with Crippen molar-refractivity contribution in [1.29, 1.82) is 0 Å². The Hall–Kier alpha value is -1.46. The maximum Gasteiger partial charge on any atom is 0.508 e. The van der Waals surface area contributed by atoms with Crippen molar-refractivity contribution >= 4 is 12.2 Å². The molecular weight excluding hydrogens is 190 g/mol. The minimum atomic E-state index is -0.720. The molecule has 1 aliphatic rings. The molecule has 1 N–H and O–H groups in total. The maximum absolute atomic E-state index is 11.0. The van der Waals surface area contributed by atoms with Gasteiger partial charge in [-0.1, -0.05) is 0 Å². The highest BCUT2D eigenvalue weighted by Crippen LogP contribution is 2.06. The molecule has 0 aromatic carbocycles. The summed E-state index contributed by atoms with van der Waals surface area (Å²) < 4.78 is 13.9. The molecule has 0 aromatic rings. The number of alkyl carbamates (subject to hydrolysis) is 1. The van der Waals surface area contributed by atoms with Crippen molar-refractivity contribution in [2.75, 3.05) is 13.2 Å². The number of rotatable bonds is 3. The van der Waals surface area contributed by atoms with Crippen molar-refractivity contribution < 1.29 is 23.8 Å². The normalized spacial score (nSPS) is 20.2. The molecule has 1 saturated heterocycles. The number of hydrogen-bond acceptors (Lipinski definition) is 5. The number of carbonyl (C=O) groups is 2. The lowest BCUT2D eigenvalue weighted by Crippen LogP contribution is -2.33. The van der Waals surface area contributed by atoms with Gasteiger partial charge in [0.05, 0.1) is 0 Å². The molecule has 0 spiro atoms. The summed E-state index contributed by atoms with van der Waals surface area (Å²) in [6, 6.07) is 0.0184. The second kappa shape index (κ2) is 4.69. The zero-order valence-corrected chi connectivity index (χ0v) is 8.11. The van der Waals surface area contributed by atoms with E-state index in [0.29, 0.717) is 0 Å². The number of ether oxygens (including phenoxy) is 3. The van der Waals surface area contributed by atoms with Gasteiger partial charge in [0, 0.05) is 6.04 Å². The molecule has 0 aliphatic carbocycles. The van der Waals surface area contributed by atoms with E-state index in [0.717, 1.165) is 0 Å². The van der Waals surface area contributed by atoms with Crippen molar-refractivity contribution in [2.45, 2.75) is 26.0 Å². The molecule has 1 rings (SSSR count). The Balaban J connectivity index is 2.14. The van der Waals surface area contributed by atoms with Gasteiger partial charge in [0.2, 0.25) is 0 Å². The molecule has 1 aliphatic heterocycles. The standard InChI is InChI=1S/C8H13NO5/c1-5(2)9-7(10)12-3-6-4-13-8(11)14-6/h5-6H,3-4H2,1-2H3,(H,9,10). The van der Waals surface area contributed by atoms with Gasteiger partial charge in [0.25, 0.3) is 0 Å². The Morgan fingerprint density at radius 2 is 2.43 bits per heavy atom. The minimum Gasteiger partial charge on any atom is -0.445 e. The van der Waals surface area contributed by atoms with Gasteiger partial charge in [-0.25, -0.2) is 9.59 Å². The molecule has 1 fully saturated rings. The van der Waals surface area contributed by atoms with Crippen LogP contribution in [-0.2, 0) is 14.2 Å². The summed E-state index contributed by atoms with van der Waals surface area (Å²) in [6.07, 6.45) is -1.73. The Morgan fingerprint density at radius 1 is 1.71 bits per heavy atom. The lowest BCUT2D eigenvalue weighted by molar-refractivity contribution is 0.0718. The predicted octanol–water partition coefficient (Wildman–Crippen LogP) is 0.656. The third-order valence-electron chi connectivity index (χ3n) is 1.46. The van der Waals surface area contributed by atoms with Crippen molar-refractivity contribution in [3.8, 4) is 0 Å². The molecule has 0 bridgehead atoms. The molecule has 6 heteroatoms. The molecular formula is C8H13NO5. The summed E-state index contributed by atoms with van der Waals surface area (Å²) in [5.41, 5.74) is 0. The van der Waals surface area contributed by atoms with Crippen LogP contribution in [0.4, 0.5) is 9.59 Å². The minimum absolute atomic E-state index is 0.0181. The van der Waals surface area contributed by atoms with Crippen molar-refractivity contribution in [1.82, 2.24) is 5.32 Å². The summed E-state index contributed by atoms with van der Waals surface area (Å²) >= 11 is 0. The largest absolute Gasteiger partial charge is 0.508 e. The van der Waals surface area contributed by atoms with E-state index < -0.39 is 18.4 Å². The Labute approximate surface area is 81.5 Å². The fourth-order valence-corrected chi connectivity index (χ4v) is 0.893. The quantitative estimate of drug-likeness (QED) is 0.682. The maximum atomic E-state index is 11.0. The van der Waals surface area contributed by atoms with E-state index in [1.165, 1.54) is 0 Å². The smallest absolute Gasteiger partial charge is 0.445 e. The lowest BCUT2D eigenvalue weighted by Gasteiger charge is -2.10. The van der Waals surface area contributed by atoms with Crippen LogP contribution in [-0.4, -0.2) is 37.6 Å². The van der Waals surface area contributed by atoms with Crippen molar-refractivity contribution in [3.05, 3.63) is 0 Å². The topological polar surface area (TPSA) is 73.9 Å². The average molecular weight is 203 g/mol. The van der Waals surface area contributed by atoms with Gasteiger partial charge in [-0.2, -0.15) is 0 Å². The lowest BCUT2D eigenvalue weighted by atomic mass is 10.4. The molecule has 1 amide bonds. The van der Waals surface area contributed by atoms with Crippen LogP contribution in [0.2, 0.25) is 0 Å². The Morgan fingerprint density at radius 3 is 2.93 bits per heavy atom. The summed E-state index contributed by atoms with van der Waals surface area (Å²) in [6.45, 7) is 3.79. The van der Waals surface area contributed by atoms with E-state index in [-0.39, 0.29) is 19.3 Å². The zero-order chi connectivity index (χ0) is 10.6. The molecule has 1 heterocycles. The van der Waals surface area contributed by atoms with Gasteiger partial charge < -0.3 is 19.5 Å². The van der Waals surface area contributed by atoms with Gasteiger partial charge in [-0.3, -0.25) is 0 Å². The monoisotopic (exact) mass is 203 g/mol. The Kier molecular flexibility index (Phi) is 3.55. The summed E-state index contributed by atoms with van der Waals surface area (Å²) in [5.74, 6) is 0. The van der Waals surface area contributed by atoms with E-state index in [4.69, 9.17) is 4.74 Å². The summed E-state index contributed by atoms with van der Waals surface area (Å²) in [5, 5.41) is 2.54. The average Bonchev–Trinajstić information content (AvgIpc) is 2.47. The fraction of sp³-hybridized carbons (Fsp3) is 0.750. The number of carbonyl (C=O) groups excluding carboxylic acids is 2. The third-order valence-corrected chi connectivity index (χ3v) is 1.46. The first-order valence-corrected chi connectivity index (χ1v) is 4.34. The second-order valence-electron chi connectivity index (χ2n) is 3.20. The molecule has 0 aromatic heterocycles. The summed E-state index contributed by atoms with van der Waals surface area (Å²) in [7, 11) is 0. The highest BCUT2D eigenvalue weighted by molar-refractivity contribution is 5.67. The van der Waals surface area contributed by atoms with Crippen LogP contribution >= 0.6 is 0 Å². The second-order valence-corrected chi connectivity index (χ2v) is 3.20. The van der Waals surface area contributed by atoms with Crippen LogP contribution in [0.1, 0.15) is 13.8 Å². The third kappa shape index (κ3) is 3.51. The molecule has 0 saturated carbocycles. The molecule has 0 radical (unpaired) electrons. The molecule has 14 heavy (non-hydrogen) atoms. The number of amides is 1. The SMILES string of the molecule is CC(C)NC(=O)OCC1COC(=O)O1. The molecule has 1 unspecified atom stereocenters. The van der Waals surface area contributed by atoms with Crippen LogP contribution < -0.4 is 5.32 Å². The van der Waals surface area contributed by atoms with Crippen LogP contribution in [0, 0.1) is 0 Å². The van der Waals surface area contributed by atoms with Crippen LogP contribution in [0.25, 0.3) is 0 Å². The van der Waals surface area contributed by atoms with Gasteiger partial charge in [-0.15, -0.1) is 0 Å². The van der Waals surface area contributed by atoms with Gasteiger partial charge >= 0.3 is 12.2 Å².